The maximum absolute atomic E-state index is 13.8. The first-order chi connectivity index (χ1) is 16.8. The number of phenolic OH excluding ortho intramolecular Hbond substituents is 1. The van der Waals surface area contributed by atoms with Crippen molar-refractivity contribution in [2.75, 3.05) is 13.7 Å². The number of aryl methyl sites for hydroxylation is 1. The molecule has 2 N–H and O–H groups in total. The number of ether oxygens (including phenoxy) is 2. The molecular weight excluding hydrogens is 448 g/mol. The highest BCUT2D eigenvalue weighted by atomic mass is 16.5. The molecule has 1 aliphatic rings. The summed E-state index contributed by atoms with van der Waals surface area (Å²) in [7, 11) is 1.53. The summed E-state index contributed by atoms with van der Waals surface area (Å²) in [5.41, 5.74) is 2.29. The number of carbonyl (C=O) groups excluding carboxylic acids is 3. The fourth-order valence-corrected chi connectivity index (χ4v) is 4.45. The lowest BCUT2D eigenvalue weighted by molar-refractivity contribution is -0.378. The Morgan fingerprint density at radius 1 is 1.14 bits per heavy atom. The topological polar surface area (TPSA) is 107 Å². The third kappa shape index (κ3) is 4.59. The van der Waals surface area contributed by atoms with Crippen molar-refractivity contribution in [2.24, 2.45) is 5.92 Å². The summed E-state index contributed by atoms with van der Waals surface area (Å²) in [4.78, 5) is 44.6. The van der Waals surface area contributed by atoms with Crippen LogP contribution in [0.2, 0.25) is 0 Å². The van der Waals surface area contributed by atoms with Crippen LogP contribution in [-0.2, 0) is 16.1 Å². The van der Waals surface area contributed by atoms with Crippen LogP contribution in [0.4, 0.5) is 0 Å². The Hall–Kier alpha value is -4.20. The maximum Gasteiger partial charge on any atom is 0.291 e. The number of pyridine rings is 1. The number of H-pyrrole nitrogens is 1. The minimum Gasteiger partial charge on any atom is -0.504 e. The van der Waals surface area contributed by atoms with Crippen LogP contribution in [0.5, 0.6) is 17.2 Å². The average molecular weight is 476 g/mol. The Morgan fingerprint density at radius 3 is 2.60 bits per heavy atom. The number of phenols is 1. The smallest absolute Gasteiger partial charge is 0.291 e. The third-order valence-corrected chi connectivity index (χ3v) is 6.14. The zero-order chi connectivity index (χ0) is 25.1. The molecule has 1 aliphatic heterocycles. The second kappa shape index (κ2) is 9.97. The zero-order valence-corrected chi connectivity index (χ0v) is 19.8. The average Bonchev–Trinajstić information content (AvgIpc) is 3.10. The van der Waals surface area contributed by atoms with Crippen molar-refractivity contribution < 1.29 is 33.9 Å². The summed E-state index contributed by atoms with van der Waals surface area (Å²) >= 11 is 0. The molecule has 1 saturated heterocycles. The molecule has 2 heterocycles. The highest BCUT2D eigenvalue weighted by Gasteiger charge is 2.52. The van der Waals surface area contributed by atoms with Crippen LogP contribution in [0.1, 0.15) is 40.0 Å². The van der Waals surface area contributed by atoms with Crippen LogP contribution in [0.3, 0.4) is 0 Å². The number of rotatable bonds is 8. The summed E-state index contributed by atoms with van der Waals surface area (Å²) in [6.07, 6.45) is 3.48. The van der Waals surface area contributed by atoms with Crippen molar-refractivity contribution in [2.45, 2.75) is 26.4 Å². The number of Topliss-reactive ketones (excluding diaryl/α,β-unsaturated/α-hetero) is 2. The Balaban J connectivity index is 1.82. The van der Waals surface area contributed by atoms with E-state index in [9.17, 15) is 19.5 Å². The van der Waals surface area contributed by atoms with Gasteiger partial charge in [0, 0.05) is 17.2 Å². The van der Waals surface area contributed by atoms with Gasteiger partial charge in [0.2, 0.25) is 5.78 Å². The molecule has 1 fully saturated rings. The molecule has 8 heteroatoms. The van der Waals surface area contributed by atoms with Gasteiger partial charge in [-0.3, -0.25) is 14.4 Å². The van der Waals surface area contributed by atoms with E-state index in [0.29, 0.717) is 29.0 Å². The third-order valence-electron chi connectivity index (χ3n) is 6.14. The first-order valence-electron chi connectivity index (χ1n) is 11.3. The first-order valence-corrected chi connectivity index (χ1v) is 11.3. The van der Waals surface area contributed by atoms with Crippen LogP contribution in [-0.4, -0.2) is 41.2 Å². The molecule has 2 atom stereocenters. The summed E-state index contributed by atoms with van der Waals surface area (Å²) in [5.74, 6) is -2.44. The molecule has 35 heavy (non-hydrogen) atoms. The fraction of sp³-hybridized carbons (Fsp3) is 0.259. The molecule has 8 nitrogen and oxygen atoms in total. The number of aromatic hydroxyl groups is 1. The highest BCUT2D eigenvalue weighted by molar-refractivity contribution is 6.44. The lowest BCUT2D eigenvalue weighted by Gasteiger charge is -2.27. The number of aromatic nitrogens is 1. The van der Waals surface area contributed by atoms with Crippen molar-refractivity contribution >= 4 is 17.5 Å². The van der Waals surface area contributed by atoms with Gasteiger partial charge in [-0.15, -0.1) is 0 Å². The predicted octanol–water partition coefficient (Wildman–Crippen LogP) is 3.07. The van der Waals surface area contributed by atoms with E-state index in [1.165, 1.54) is 18.1 Å². The molecule has 0 saturated carbocycles. The molecule has 0 aliphatic carbocycles. The normalized spacial score (nSPS) is 17.5. The van der Waals surface area contributed by atoms with Gasteiger partial charge in [0.1, 0.15) is 11.7 Å². The number of hydrogen-bond acceptors (Lipinski definition) is 6. The number of benzene rings is 2. The monoisotopic (exact) mass is 475 g/mol. The number of amides is 1. The fourth-order valence-electron chi connectivity index (χ4n) is 4.45. The van der Waals surface area contributed by atoms with Crippen molar-refractivity contribution in [1.82, 2.24) is 4.90 Å². The minimum absolute atomic E-state index is 0.0654. The van der Waals surface area contributed by atoms with Crippen molar-refractivity contribution in [3.63, 3.8) is 0 Å². The quantitative estimate of drug-likeness (QED) is 0.305. The maximum atomic E-state index is 13.8. The summed E-state index contributed by atoms with van der Waals surface area (Å²) < 4.78 is 10.8. The van der Waals surface area contributed by atoms with E-state index in [-0.39, 0.29) is 18.0 Å². The van der Waals surface area contributed by atoms with E-state index < -0.39 is 29.4 Å². The van der Waals surface area contributed by atoms with Gasteiger partial charge in [-0.25, -0.2) is 4.98 Å². The van der Waals surface area contributed by atoms with Gasteiger partial charge in [-0.05, 0) is 61.4 Å². The van der Waals surface area contributed by atoms with E-state index in [2.05, 4.69) is 4.98 Å². The molecule has 2 aromatic carbocycles. The van der Waals surface area contributed by atoms with E-state index in [1.54, 1.807) is 62.6 Å². The standard InChI is InChI=1S/C27H26N2O6/c1-4-35-22-13-18(7-10-21(22)30)24-23(25(31)20-9-8-19(34-3)12-16(20)2)26(32)27(33)29(24)15-17-6-5-11-28-14-17/h5-14,23-24,30H,4,15H2,1-3H3/p+1. The van der Waals surface area contributed by atoms with Crippen molar-refractivity contribution in [3.05, 3.63) is 83.2 Å². The summed E-state index contributed by atoms with van der Waals surface area (Å²) in [6.45, 7) is 3.99. The Labute approximate surface area is 203 Å². The molecule has 0 bridgehead atoms. The van der Waals surface area contributed by atoms with Crippen LogP contribution < -0.4 is 14.5 Å². The van der Waals surface area contributed by atoms with Crippen molar-refractivity contribution in [3.8, 4) is 17.2 Å². The minimum atomic E-state index is -1.25. The second-order valence-electron chi connectivity index (χ2n) is 8.34. The molecular formula is C27H27N2O6+. The number of carbonyl (C=O) groups is 3. The van der Waals surface area contributed by atoms with Gasteiger partial charge in [-0.1, -0.05) is 6.07 Å². The van der Waals surface area contributed by atoms with Crippen LogP contribution in [0, 0.1) is 12.8 Å². The zero-order valence-electron chi connectivity index (χ0n) is 19.8. The lowest BCUT2D eigenvalue weighted by atomic mass is 9.85. The number of nitrogens with one attached hydrogen (secondary N) is 1. The molecule has 2 unspecified atom stereocenters. The Bertz CT molecular complexity index is 1270. The molecule has 1 amide bonds. The molecule has 3 aromatic rings. The van der Waals surface area contributed by atoms with Crippen molar-refractivity contribution in [1.29, 1.82) is 0 Å². The summed E-state index contributed by atoms with van der Waals surface area (Å²) in [6, 6.07) is 12.4. The lowest BCUT2D eigenvalue weighted by Crippen LogP contribution is -2.30. The number of methoxy groups -OCH3 is 1. The second-order valence-corrected chi connectivity index (χ2v) is 8.34. The Morgan fingerprint density at radius 2 is 1.94 bits per heavy atom. The van der Waals surface area contributed by atoms with E-state index in [0.717, 1.165) is 5.56 Å². The summed E-state index contributed by atoms with van der Waals surface area (Å²) in [5, 5.41) is 10.2. The van der Waals surface area contributed by atoms with Gasteiger partial charge >= 0.3 is 0 Å². The number of nitrogens with zero attached hydrogens (tertiary/aromatic N) is 1. The largest absolute Gasteiger partial charge is 0.504 e. The van der Waals surface area contributed by atoms with Crippen LogP contribution >= 0.6 is 0 Å². The molecule has 0 spiro atoms. The molecule has 4 rings (SSSR count). The molecule has 1 aromatic heterocycles. The van der Waals surface area contributed by atoms with E-state index >= 15 is 0 Å². The SMILES string of the molecule is CCOc1cc(C2C(C(=O)c3ccc(OC)cc3C)C(=O)C(=O)N2Cc2ccc[nH+]c2)ccc1O. The number of hydrogen-bond donors (Lipinski definition) is 1. The predicted molar refractivity (Wildman–Crippen MR) is 126 cm³/mol. The van der Waals surface area contributed by atoms with Gasteiger partial charge < -0.3 is 19.5 Å². The number of aromatic amines is 1. The van der Waals surface area contributed by atoms with Gasteiger partial charge in [0.25, 0.3) is 5.91 Å². The van der Waals surface area contributed by atoms with E-state index in [1.807, 2.05) is 6.07 Å². The first kappa shape index (κ1) is 23.9. The van der Waals surface area contributed by atoms with Gasteiger partial charge in [-0.2, -0.15) is 0 Å². The van der Waals surface area contributed by atoms with Gasteiger partial charge in [0.05, 0.1) is 26.3 Å². The van der Waals surface area contributed by atoms with Crippen LogP contribution in [0.15, 0.2) is 60.9 Å². The van der Waals surface area contributed by atoms with E-state index in [4.69, 9.17) is 9.47 Å². The highest BCUT2D eigenvalue weighted by Crippen LogP contribution is 2.42. The molecule has 180 valence electrons. The Kier molecular flexibility index (Phi) is 6.82. The van der Waals surface area contributed by atoms with Crippen LogP contribution in [0.25, 0.3) is 0 Å². The number of ketones is 2. The molecule has 0 radical (unpaired) electrons. The number of likely N-dealkylation sites (tertiary alicyclic amines) is 1. The van der Waals surface area contributed by atoms with Gasteiger partial charge in [0.15, 0.2) is 29.7 Å².